The Hall–Kier alpha value is -1.10. The number of urea groups is 1. The van der Waals surface area contributed by atoms with Crippen molar-refractivity contribution in [2.24, 2.45) is 0 Å². The van der Waals surface area contributed by atoms with Crippen molar-refractivity contribution < 1.29 is 9.59 Å². The molecule has 1 heterocycles. The Morgan fingerprint density at radius 1 is 1.00 bits per heavy atom. The number of likely N-dealkylation sites (tertiary alicyclic amines) is 1. The quantitative estimate of drug-likeness (QED) is 0.795. The van der Waals surface area contributed by atoms with Crippen LogP contribution in [0.25, 0.3) is 0 Å². The summed E-state index contributed by atoms with van der Waals surface area (Å²) >= 11 is 0. The van der Waals surface area contributed by atoms with Gasteiger partial charge in [-0.3, -0.25) is 15.0 Å². The predicted octanol–water partition coefficient (Wildman–Crippen LogP) is 1.24. The Bertz CT molecular complexity index is 295. The smallest absolute Gasteiger partial charge is 0.321 e. The van der Waals surface area contributed by atoms with Crippen LogP contribution in [0.2, 0.25) is 0 Å². The molecule has 0 aromatic carbocycles. The van der Waals surface area contributed by atoms with Gasteiger partial charge in [0.2, 0.25) is 5.91 Å². The van der Waals surface area contributed by atoms with E-state index in [2.05, 4.69) is 15.5 Å². The molecule has 0 radical (unpaired) electrons. The van der Waals surface area contributed by atoms with Gasteiger partial charge in [0.05, 0.1) is 6.54 Å². The Morgan fingerprint density at radius 3 is 2.33 bits per heavy atom. The van der Waals surface area contributed by atoms with E-state index in [1.54, 1.807) is 0 Å². The van der Waals surface area contributed by atoms with Gasteiger partial charge in [-0.05, 0) is 38.8 Å². The molecule has 1 saturated heterocycles. The van der Waals surface area contributed by atoms with Crippen molar-refractivity contribution in [3.63, 3.8) is 0 Å². The third-order valence-corrected chi connectivity index (χ3v) is 3.76. The topological polar surface area (TPSA) is 61.4 Å². The van der Waals surface area contributed by atoms with Crippen molar-refractivity contribution in [2.75, 3.05) is 19.6 Å². The minimum absolute atomic E-state index is 0.190. The highest BCUT2D eigenvalue weighted by molar-refractivity contribution is 5.95. The van der Waals surface area contributed by atoms with Gasteiger partial charge in [-0.2, -0.15) is 0 Å². The number of hydrogen-bond donors (Lipinski definition) is 2. The Morgan fingerprint density at radius 2 is 1.67 bits per heavy atom. The average Bonchev–Trinajstić information content (AvgIpc) is 2.82. The van der Waals surface area contributed by atoms with E-state index < -0.39 is 0 Å². The lowest BCUT2D eigenvalue weighted by Crippen LogP contribution is -2.47. The van der Waals surface area contributed by atoms with Crippen molar-refractivity contribution in [3.8, 4) is 0 Å². The largest absolute Gasteiger partial charge is 0.335 e. The summed E-state index contributed by atoms with van der Waals surface area (Å²) in [6.45, 7) is 2.29. The van der Waals surface area contributed by atoms with Crippen LogP contribution in [0.5, 0.6) is 0 Å². The first-order valence-electron chi connectivity index (χ1n) is 7.07. The molecular formula is C13H23N3O2. The lowest BCUT2D eigenvalue weighted by Gasteiger charge is -2.23. The van der Waals surface area contributed by atoms with Crippen LogP contribution in [0, 0.1) is 0 Å². The fraction of sp³-hybridized carbons (Fsp3) is 0.846. The third-order valence-electron chi connectivity index (χ3n) is 3.76. The van der Waals surface area contributed by atoms with E-state index in [1.165, 1.54) is 19.3 Å². The van der Waals surface area contributed by atoms with Gasteiger partial charge in [0.25, 0.3) is 0 Å². The molecule has 5 heteroatoms. The van der Waals surface area contributed by atoms with Crippen molar-refractivity contribution in [2.45, 2.75) is 51.0 Å². The third kappa shape index (κ3) is 4.29. The minimum Gasteiger partial charge on any atom is -0.335 e. The number of nitrogens with one attached hydrogen (secondary N) is 2. The highest BCUT2D eigenvalue weighted by atomic mass is 16.2. The second-order valence-electron chi connectivity index (χ2n) is 5.34. The SMILES string of the molecule is O=C(CN1CCCC1)NC(=O)NC1CCCCC1. The molecule has 1 aliphatic heterocycles. The van der Waals surface area contributed by atoms with E-state index in [0.717, 1.165) is 38.8 Å². The number of amides is 3. The van der Waals surface area contributed by atoms with Gasteiger partial charge in [0.1, 0.15) is 0 Å². The van der Waals surface area contributed by atoms with Crippen molar-refractivity contribution in [1.29, 1.82) is 0 Å². The second-order valence-corrected chi connectivity index (χ2v) is 5.34. The minimum atomic E-state index is -0.328. The number of carbonyl (C=O) groups excluding carboxylic acids is 2. The zero-order valence-electron chi connectivity index (χ0n) is 10.9. The number of hydrogen-bond acceptors (Lipinski definition) is 3. The summed E-state index contributed by atoms with van der Waals surface area (Å²) in [7, 11) is 0. The van der Waals surface area contributed by atoms with Crippen LogP contribution in [0.15, 0.2) is 0 Å². The van der Waals surface area contributed by atoms with Crippen molar-refractivity contribution in [1.82, 2.24) is 15.5 Å². The van der Waals surface area contributed by atoms with E-state index in [9.17, 15) is 9.59 Å². The Balaban J connectivity index is 1.64. The van der Waals surface area contributed by atoms with Crippen LogP contribution in [0.4, 0.5) is 4.79 Å². The van der Waals surface area contributed by atoms with Crippen LogP contribution >= 0.6 is 0 Å². The molecule has 2 rings (SSSR count). The monoisotopic (exact) mass is 253 g/mol. The molecule has 0 aromatic rings. The van der Waals surface area contributed by atoms with Gasteiger partial charge >= 0.3 is 6.03 Å². The van der Waals surface area contributed by atoms with Crippen LogP contribution in [0.1, 0.15) is 44.9 Å². The standard InChI is InChI=1S/C13H23N3O2/c17-12(10-16-8-4-5-9-16)15-13(18)14-11-6-2-1-3-7-11/h11H,1-10H2,(H2,14,15,17,18). The van der Waals surface area contributed by atoms with Gasteiger partial charge in [-0.15, -0.1) is 0 Å². The first-order valence-corrected chi connectivity index (χ1v) is 7.07. The summed E-state index contributed by atoms with van der Waals surface area (Å²) < 4.78 is 0. The fourth-order valence-electron chi connectivity index (χ4n) is 2.78. The van der Waals surface area contributed by atoms with E-state index >= 15 is 0 Å². The highest BCUT2D eigenvalue weighted by Crippen LogP contribution is 2.17. The summed E-state index contributed by atoms with van der Waals surface area (Å²) in [5.74, 6) is -0.190. The molecule has 1 aliphatic carbocycles. The molecular weight excluding hydrogens is 230 g/mol. The van der Waals surface area contributed by atoms with Crippen molar-refractivity contribution >= 4 is 11.9 Å². The molecule has 0 aromatic heterocycles. The molecule has 5 nitrogen and oxygen atoms in total. The molecule has 2 fully saturated rings. The average molecular weight is 253 g/mol. The Kier molecular flexibility index (Phi) is 4.99. The second kappa shape index (κ2) is 6.73. The molecule has 0 bridgehead atoms. The van der Waals surface area contributed by atoms with E-state index in [4.69, 9.17) is 0 Å². The van der Waals surface area contributed by atoms with Crippen LogP contribution in [-0.4, -0.2) is 42.5 Å². The maximum Gasteiger partial charge on any atom is 0.321 e. The lowest BCUT2D eigenvalue weighted by molar-refractivity contribution is -0.120. The van der Waals surface area contributed by atoms with Crippen LogP contribution < -0.4 is 10.6 Å². The normalized spacial score (nSPS) is 21.8. The number of rotatable bonds is 3. The summed E-state index contributed by atoms with van der Waals surface area (Å²) in [5, 5.41) is 5.31. The number of imide groups is 1. The zero-order chi connectivity index (χ0) is 12.8. The zero-order valence-corrected chi connectivity index (χ0v) is 10.9. The molecule has 102 valence electrons. The molecule has 3 amide bonds. The molecule has 18 heavy (non-hydrogen) atoms. The number of nitrogens with zero attached hydrogens (tertiary/aromatic N) is 1. The molecule has 0 atom stereocenters. The van der Waals surface area contributed by atoms with E-state index in [0.29, 0.717) is 6.54 Å². The van der Waals surface area contributed by atoms with Gasteiger partial charge in [0, 0.05) is 6.04 Å². The summed E-state index contributed by atoms with van der Waals surface area (Å²) in [5.41, 5.74) is 0. The lowest BCUT2D eigenvalue weighted by atomic mass is 9.96. The molecule has 0 spiro atoms. The van der Waals surface area contributed by atoms with Crippen LogP contribution in [-0.2, 0) is 4.79 Å². The molecule has 2 N–H and O–H groups in total. The predicted molar refractivity (Wildman–Crippen MR) is 69.2 cm³/mol. The molecule has 1 saturated carbocycles. The summed E-state index contributed by atoms with van der Waals surface area (Å²) in [4.78, 5) is 25.4. The number of carbonyl (C=O) groups is 2. The van der Waals surface area contributed by atoms with Gasteiger partial charge < -0.3 is 5.32 Å². The molecule has 0 unspecified atom stereocenters. The maximum absolute atomic E-state index is 11.6. The first kappa shape index (κ1) is 13.3. The Labute approximate surface area is 108 Å². The fourth-order valence-corrected chi connectivity index (χ4v) is 2.78. The van der Waals surface area contributed by atoms with Gasteiger partial charge in [-0.25, -0.2) is 4.79 Å². The van der Waals surface area contributed by atoms with Gasteiger partial charge in [0.15, 0.2) is 0 Å². The summed E-state index contributed by atoms with van der Waals surface area (Å²) in [6.07, 6.45) is 7.98. The van der Waals surface area contributed by atoms with Gasteiger partial charge in [-0.1, -0.05) is 19.3 Å². The summed E-state index contributed by atoms with van der Waals surface area (Å²) in [6, 6.07) is -0.0792. The van der Waals surface area contributed by atoms with Crippen LogP contribution in [0.3, 0.4) is 0 Å². The first-order chi connectivity index (χ1) is 8.74. The highest BCUT2D eigenvalue weighted by Gasteiger charge is 2.19. The maximum atomic E-state index is 11.6. The van der Waals surface area contributed by atoms with E-state index in [-0.39, 0.29) is 18.0 Å². The van der Waals surface area contributed by atoms with E-state index in [1.807, 2.05) is 0 Å². The molecule has 2 aliphatic rings. The van der Waals surface area contributed by atoms with Crippen molar-refractivity contribution in [3.05, 3.63) is 0 Å².